The van der Waals surface area contributed by atoms with Gasteiger partial charge in [-0.2, -0.15) is 13.2 Å². The van der Waals surface area contributed by atoms with Crippen molar-refractivity contribution in [2.24, 2.45) is 5.73 Å². The van der Waals surface area contributed by atoms with E-state index in [0.717, 1.165) is 19.3 Å². The molecule has 0 spiro atoms. The minimum Gasteiger partial charge on any atom is -0.440 e. The van der Waals surface area contributed by atoms with Crippen molar-refractivity contribution in [3.63, 3.8) is 0 Å². The summed E-state index contributed by atoms with van der Waals surface area (Å²) in [5.41, 5.74) is 5.72. The molecule has 4 nitrogen and oxygen atoms in total. The van der Waals surface area contributed by atoms with E-state index < -0.39 is 18.9 Å². The van der Waals surface area contributed by atoms with Crippen LogP contribution in [0.25, 0.3) is 0 Å². The van der Waals surface area contributed by atoms with Crippen LogP contribution in [0.3, 0.4) is 0 Å². The molecule has 1 amide bonds. The molecule has 3 N–H and O–H groups in total. The Morgan fingerprint density at radius 1 is 1.38 bits per heavy atom. The Kier molecular flexibility index (Phi) is 4.40. The molecule has 16 heavy (non-hydrogen) atoms. The molecule has 2 unspecified atom stereocenters. The minimum atomic E-state index is -4.49. The SMILES string of the molecule is NC1CCCCC1NC(=O)OCC(F)(F)F. The maximum absolute atomic E-state index is 11.7. The van der Waals surface area contributed by atoms with Gasteiger partial charge in [0.25, 0.3) is 0 Å². The summed E-state index contributed by atoms with van der Waals surface area (Å²) < 4.78 is 39.3. The van der Waals surface area contributed by atoms with Gasteiger partial charge in [-0.05, 0) is 12.8 Å². The highest BCUT2D eigenvalue weighted by molar-refractivity contribution is 5.67. The van der Waals surface area contributed by atoms with Gasteiger partial charge in [-0.1, -0.05) is 12.8 Å². The molecule has 2 atom stereocenters. The number of alkyl carbamates (subject to hydrolysis) is 1. The van der Waals surface area contributed by atoms with E-state index in [9.17, 15) is 18.0 Å². The fourth-order valence-electron chi connectivity index (χ4n) is 1.68. The van der Waals surface area contributed by atoms with E-state index in [1.54, 1.807) is 0 Å². The van der Waals surface area contributed by atoms with Gasteiger partial charge >= 0.3 is 12.3 Å². The van der Waals surface area contributed by atoms with Crippen LogP contribution < -0.4 is 11.1 Å². The van der Waals surface area contributed by atoms with Crippen LogP contribution in [0.1, 0.15) is 25.7 Å². The number of amides is 1. The molecule has 0 radical (unpaired) electrons. The predicted molar refractivity (Wildman–Crippen MR) is 50.8 cm³/mol. The summed E-state index contributed by atoms with van der Waals surface area (Å²) in [7, 11) is 0. The lowest BCUT2D eigenvalue weighted by Crippen LogP contribution is -2.49. The van der Waals surface area contributed by atoms with Gasteiger partial charge in [0.1, 0.15) is 0 Å². The second-order valence-corrected chi connectivity index (χ2v) is 3.89. The number of hydrogen-bond donors (Lipinski definition) is 2. The molecule has 1 fully saturated rings. The number of nitrogens with one attached hydrogen (secondary N) is 1. The van der Waals surface area contributed by atoms with Crippen LogP contribution in [0.15, 0.2) is 0 Å². The first kappa shape index (κ1) is 13.1. The van der Waals surface area contributed by atoms with Crippen LogP contribution in [0.2, 0.25) is 0 Å². The van der Waals surface area contributed by atoms with E-state index in [2.05, 4.69) is 10.1 Å². The summed E-state index contributed by atoms with van der Waals surface area (Å²) in [6.07, 6.45) is -2.20. The summed E-state index contributed by atoms with van der Waals surface area (Å²) in [6, 6.07) is -0.485. The lowest BCUT2D eigenvalue weighted by molar-refractivity contribution is -0.160. The van der Waals surface area contributed by atoms with Crippen LogP contribution >= 0.6 is 0 Å². The maximum atomic E-state index is 11.7. The molecule has 1 aliphatic carbocycles. The number of nitrogens with two attached hydrogens (primary N) is 1. The molecule has 0 aromatic heterocycles. The van der Waals surface area contributed by atoms with E-state index in [4.69, 9.17) is 5.73 Å². The van der Waals surface area contributed by atoms with Crippen LogP contribution in [-0.2, 0) is 4.74 Å². The van der Waals surface area contributed by atoms with Crippen LogP contribution in [0, 0.1) is 0 Å². The van der Waals surface area contributed by atoms with Crippen molar-refractivity contribution in [3.8, 4) is 0 Å². The van der Waals surface area contributed by atoms with Crippen molar-refractivity contribution < 1.29 is 22.7 Å². The topological polar surface area (TPSA) is 64.3 Å². The summed E-state index contributed by atoms with van der Waals surface area (Å²) >= 11 is 0. The summed E-state index contributed by atoms with van der Waals surface area (Å²) in [5.74, 6) is 0. The number of carbonyl (C=O) groups excluding carboxylic acids is 1. The first-order valence-electron chi connectivity index (χ1n) is 5.14. The number of halogens is 3. The number of carbonyl (C=O) groups is 1. The highest BCUT2D eigenvalue weighted by atomic mass is 19.4. The lowest BCUT2D eigenvalue weighted by atomic mass is 9.91. The van der Waals surface area contributed by atoms with Gasteiger partial charge in [-0.15, -0.1) is 0 Å². The Morgan fingerprint density at radius 2 is 2.00 bits per heavy atom. The van der Waals surface area contributed by atoms with Crippen molar-refractivity contribution >= 4 is 6.09 Å². The second-order valence-electron chi connectivity index (χ2n) is 3.89. The molecule has 7 heteroatoms. The van der Waals surface area contributed by atoms with E-state index >= 15 is 0 Å². The molecule has 0 aromatic carbocycles. The lowest BCUT2D eigenvalue weighted by Gasteiger charge is -2.28. The third kappa shape index (κ3) is 4.69. The maximum Gasteiger partial charge on any atom is 0.422 e. The number of ether oxygens (including phenoxy) is 1. The first-order valence-corrected chi connectivity index (χ1v) is 5.14. The Labute approximate surface area is 91.3 Å². The number of alkyl halides is 3. The normalized spacial score (nSPS) is 26.2. The quantitative estimate of drug-likeness (QED) is 0.769. The zero-order valence-corrected chi connectivity index (χ0v) is 8.72. The monoisotopic (exact) mass is 240 g/mol. The van der Waals surface area contributed by atoms with Crippen molar-refractivity contribution in [2.45, 2.75) is 43.9 Å². The van der Waals surface area contributed by atoms with Crippen LogP contribution in [-0.4, -0.2) is 31.0 Å². The van der Waals surface area contributed by atoms with Gasteiger partial charge in [0.2, 0.25) is 0 Å². The fraction of sp³-hybridized carbons (Fsp3) is 0.889. The zero-order chi connectivity index (χ0) is 12.2. The second kappa shape index (κ2) is 5.38. The Hall–Kier alpha value is -0.980. The molecule has 0 aromatic rings. The van der Waals surface area contributed by atoms with Gasteiger partial charge in [0.15, 0.2) is 6.61 Å². The van der Waals surface area contributed by atoms with Gasteiger partial charge in [0.05, 0.1) is 0 Å². The van der Waals surface area contributed by atoms with E-state index in [1.807, 2.05) is 0 Å². The summed E-state index contributed by atoms with van der Waals surface area (Å²) in [4.78, 5) is 11.0. The van der Waals surface area contributed by atoms with E-state index in [-0.39, 0.29) is 12.1 Å². The zero-order valence-electron chi connectivity index (χ0n) is 8.72. The highest BCUT2D eigenvalue weighted by Crippen LogP contribution is 2.17. The standard InChI is InChI=1S/C9H15F3N2O2/c10-9(11,12)5-16-8(15)14-7-4-2-1-3-6(7)13/h6-7H,1-5,13H2,(H,14,15). The average molecular weight is 240 g/mol. The molecule has 0 heterocycles. The molecule has 94 valence electrons. The third-order valence-corrected chi connectivity index (χ3v) is 2.49. The summed E-state index contributed by atoms with van der Waals surface area (Å²) in [5, 5.41) is 2.36. The summed E-state index contributed by atoms with van der Waals surface area (Å²) in [6.45, 7) is -1.57. The molecular formula is C9H15F3N2O2. The van der Waals surface area contributed by atoms with Gasteiger partial charge in [-0.25, -0.2) is 4.79 Å². The average Bonchev–Trinajstić information content (AvgIpc) is 2.18. The van der Waals surface area contributed by atoms with Crippen LogP contribution in [0.4, 0.5) is 18.0 Å². The van der Waals surface area contributed by atoms with E-state index in [0.29, 0.717) is 6.42 Å². The van der Waals surface area contributed by atoms with Crippen molar-refractivity contribution in [3.05, 3.63) is 0 Å². The number of rotatable bonds is 2. The molecule has 0 bridgehead atoms. The molecule has 1 saturated carbocycles. The van der Waals surface area contributed by atoms with Gasteiger partial charge < -0.3 is 15.8 Å². The molecule has 1 aliphatic rings. The molecular weight excluding hydrogens is 225 g/mol. The molecule has 1 rings (SSSR count). The Bertz CT molecular complexity index is 245. The Balaban J connectivity index is 2.28. The minimum absolute atomic E-state index is 0.202. The fourth-order valence-corrected chi connectivity index (χ4v) is 1.68. The molecule has 0 aliphatic heterocycles. The molecule has 0 saturated heterocycles. The van der Waals surface area contributed by atoms with Crippen molar-refractivity contribution in [1.82, 2.24) is 5.32 Å². The largest absolute Gasteiger partial charge is 0.440 e. The van der Waals surface area contributed by atoms with Gasteiger partial charge in [-0.3, -0.25) is 0 Å². The Morgan fingerprint density at radius 3 is 2.56 bits per heavy atom. The number of hydrogen-bond acceptors (Lipinski definition) is 3. The van der Waals surface area contributed by atoms with E-state index in [1.165, 1.54) is 0 Å². The van der Waals surface area contributed by atoms with Crippen molar-refractivity contribution in [2.75, 3.05) is 6.61 Å². The first-order chi connectivity index (χ1) is 7.38. The third-order valence-electron chi connectivity index (χ3n) is 2.49. The van der Waals surface area contributed by atoms with Crippen LogP contribution in [0.5, 0.6) is 0 Å². The predicted octanol–water partition coefficient (Wildman–Crippen LogP) is 1.54. The van der Waals surface area contributed by atoms with Gasteiger partial charge in [0, 0.05) is 12.1 Å². The van der Waals surface area contributed by atoms with Crippen molar-refractivity contribution in [1.29, 1.82) is 0 Å². The smallest absolute Gasteiger partial charge is 0.422 e. The highest BCUT2D eigenvalue weighted by Gasteiger charge is 2.30.